The Bertz CT molecular complexity index is 326. The van der Waals surface area contributed by atoms with Crippen LogP contribution in [0.2, 0.25) is 0 Å². The van der Waals surface area contributed by atoms with Gasteiger partial charge in [-0.3, -0.25) is 14.4 Å². The number of hydrogen-bond donors (Lipinski definition) is 0. The van der Waals surface area contributed by atoms with Crippen LogP contribution in [0.15, 0.2) is 0 Å². The second kappa shape index (κ2) is 18.7. The lowest BCUT2D eigenvalue weighted by atomic mass is 10.3. The number of carbonyl (C=O) groups is 3. The van der Waals surface area contributed by atoms with E-state index < -0.39 is 0 Å². The maximum Gasteiger partial charge on any atom is 0.306 e. The average Bonchev–Trinajstić information content (AvgIpc) is 2.46. The van der Waals surface area contributed by atoms with E-state index in [2.05, 4.69) is 0 Å². The molecule has 0 fully saturated rings. The highest BCUT2D eigenvalue weighted by Crippen LogP contribution is 1.95. The molecule has 0 rings (SSSR count). The molecule has 0 heterocycles. The summed E-state index contributed by atoms with van der Waals surface area (Å²) in [6.07, 6.45) is 2.44. The number of esters is 3. The van der Waals surface area contributed by atoms with Crippen LogP contribution in [0.4, 0.5) is 0 Å². The van der Waals surface area contributed by atoms with Crippen LogP contribution in [0.5, 0.6) is 0 Å². The number of ether oxygens (including phenoxy) is 3. The Hall–Kier alpha value is -1.59. The Morgan fingerprint density at radius 2 is 0.880 bits per heavy atom. The summed E-state index contributed by atoms with van der Waals surface area (Å²) < 4.78 is 14.4. The van der Waals surface area contributed by atoms with Crippen LogP contribution in [0, 0.1) is 0 Å². The Morgan fingerprint density at radius 3 is 1.04 bits per heavy atom. The van der Waals surface area contributed by atoms with Crippen LogP contribution in [0.1, 0.15) is 88.0 Å². The lowest BCUT2D eigenvalue weighted by Gasteiger charge is -2.05. The summed E-state index contributed by atoms with van der Waals surface area (Å²) in [4.78, 5) is 31.4. The van der Waals surface area contributed by atoms with E-state index in [9.17, 15) is 14.4 Å². The van der Waals surface area contributed by atoms with Crippen molar-refractivity contribution >= 4 is 17.9 Å². The third-order valence-electron chi connectivity index (χ3n) is 2.13. The summed E-state index contributed by atoms with van der Waals surface area (Å²) in [6.45, 7) is 16.6. The van der Waals surface area contributed by atoms with Crippen molar-refractivity contribution in [2.24, 2.45) is 0 Å². The van der Waals surface area contributed by atoms with Gasteiger partial charge in [-0.2, -0.15) is 0 Å². The summed E-state index contributed by atoms with van der Waals surface area (Å²) in [5.74, 6) is -0.340. The Morgan fingerprint density at radius 1 is 0.600 bits per heavy atom. The molecule has 0 saturated heterocycles. The average molecular weight is 363 g/mol. The summed E-state index contributed by atoms with van der Waals surface area (Å²) >= 11 is 0. The lowest BCUT2D eigenvalue weighted by molar-refractivity contribution is -0.148. The topological polar surface area (TPSA) is 78.9 Å². The minimum absolute atomic E-state index is 0.0300. The molecule has 0 aliphatic heterocycles. The smallest absolute Gasteiger partial charge is 0.306 e. The predicted molar refractivity (Wildman–Crippen MR) is 99.2 cm³/mol. The van der Waals surface area contributed by atoms with Crippen molar-refractivity contribution in [1.29, 1.82) is 0 Å². The molecule has 6 nitrogen and oxygen atoms in total. The molecule has 0 saturated carbocycles. The number of rotatable bonds is 7. The molecule has 0 spiro atoms. The van der Waals surface area contributed by atoms with Gasteiger partial charge in [-0.25, -0.2) is 0 Å². The monoisotopic (exact) mass is 362 g/mol. The molecule has 0 aliphatic rings. The van der Waals surface area contributed by atoms with E-state index in [1.165, 1.54) is 0 Å². The molecule has 0 aromatic carbocycles. The quantitative estimate of drug-likeness (QED) is 0.492. The third-order valence-corrected chi connectivity index (χ3v) is 2.13. The molecule has 0 atom stereocenters. The molecule has 0 amide bonds. The molecular weight excluding hydrogens is 324 g/mol. The minimum Gasteiger partial charge on any atom is -0.463 e. The first-order valence-electron chi connectivity index (χ1n) is 9.08. The third kappa shape index (κ3) is 30.8. The molecule has 0 aromatic rings. The van der Waals surface area contributed by atoms with Crippen molar-refractivity contribution in [3.05, 3.63) is 0 Å². The van der Waals surface area contributed by atoms with Crippen LogP contribution in [-0.4, -0.2) is 36.2 Å². The lowest BCUT2D eigenvalue weighted by Crippen LogP contribution is -2.10. The maximum absolute atomic E-state index is 10.6. The van der Waals surface area contributed by atoms with Crippen LogP contribution in [0.25, 0.3) is 0 Å². The van der Waals surface area contributed by atoms with Gasteiger partial charge in [0.1, 0.15) is 0 Å². The first-order valence-corrected chi connectivity index (χ1v) is 9.08. The highest BCUT2D eigenvalue weighted by Gasteiger charge is 2.01. The molecule has 0 aliphatic carbocycles. The van der Waals surface area contributed by atoms with Gasteiger partial charge in [0.05, 0.1) is 18.3 Å². The van der Waals surface area contributed by atoms with Gasteiger partial charge < -0.3 is 14.2 Å². The minimum atomic E-state index is -0.125. The van der Waals surface area contributed by atoms with Crippen molar-refractivity contribution in [2.45, 2.75) is 106 Å². The molecule has 0 aromatic heterocycles. The van der Waals surface area contributed by atoms with Gasteiger partial charge in [-0.15, -0.1) is 0 Å². The molecule has 0 bridgehead atoms. The van der Waals surface area contributed by atoms with E-state index in [0.717, 1.165) is 6.42 Å². The fourth-order valence-corrected chi connectivity index (χ4v) is 1.22. The first-order chi connectivity index (χ1) is 11.5. The molecule has 150 valence electrons. The van der Waals surface area contributed by atoms with E-state index in [1.54, 1.807) is 13.8 Å². The fourth-order valence-electron chi connectivity index (χ4n) is 1.22. The van der Waals surface area contributed by atoms with Crippen molar-refractivity contribution in [1.82, 2.24) is 0 Å². The van der Waals surface area contributed by atoms with Gasteiger partial charge in [0, 0.05) is 19.3 Å². The molecule has 25 heavy (non-hydrogen) atoms. The van der Waals surface area contributed by atoms with E-state index in [1.807, 2.05) is 48.5 Å². The SMILES string of the molecule is CCC(=O)OC(C)C.CCC(=O)OC(C)C.CCCC(=O)OC(C)C. The number of carbonyl (C=O) groups excluding carboxylic acids is 3. The Labute approximate surface area is 153 Å². The standard InChI is InChI=1S/C7H14O2.2C6H12O2/c1-4-5-7(8)9-6(2)3;2*1-4-6(7)8-5(2)3/h6H,4-5H2,1-3H3;2*5H,4H2,1-3H3. The maximum atomic E-state index is 10.6. The Balaban J connectivity index is -0.000000291. The normalized spacial score (nSPS) is 9.60. The predicted octanol–water partition coefficient (Wildman–Crippen LogP) is 4.43. The van der Waals surface area contributed by atoms with Gasteiger partial charge in [-0.1, -0.05) is 20.8 Å². The van der Waals surface area contributed by atoms with Gasteiger partial charge in [0.15, 0.2) is 0 Å². The van der Waals surface area contributed by atoms with Crippen LogP contribution in [-0.2, 0) is 28.6 Å². The summed E-state index contributed by atoms with van der Waals surface area (Å²) in [7, 11) is 0. The fraction of sp³-hybridized carbons (Fsp3) is 0.842. The summed E-state index contributed by atoms with van der Waals surface area (Å²) in [5, 5.41) is 0. The molecule has 0 unspecified atom stereocenters. The zero-order valence-electron chi connectivity index (χ0n) is 17.5. The first kappa shape index (κ1) is 28.2. The highest BCUT2D eigenvalue weighted by molar-refractivity contribution is 5.69. The van der Waals surface area contributed by atoms with E-state index in [4.69, 9.17) is 14.2 Å². The van der Waals surface area contributed by atoms with Gasteiger partial charge in [0.25, 0.3) is 0 Å². The molecular formula is C19H38O6. The summed E-state index contributed by atoms with van der Waals surface area (Å²) in [5.41, 5.74) is 0. The Kier molecular flexibility index (Phi) is 21.2. The van der Waals surface area contributed by atoms with E-state index in [-0.39, 0.29) is 36.2 Å². The zero-order valence-corrected chi connectivity index (χ0v) is 17.5. The molecule has 0 radical (unpaired) electrons. The van der Waals surface area contributed by atoms with Gasteiger partial charge in [-0.05, 0) is 48.0 Å². The van der Waals surface area contributed by atoms with Gasteiger partial charge in [0.2, 0.25) is 0 Å². The van der Waals surface area contributed by atoms with Crippen molar-refractivity contribution in [2.75, 3.05) is 0 Å². The molecule has 0 N–H and O–H groups in total. The van der Waals surface area contributed by atoms with Crippen LogP contribution >= 0.6 is 0 Å². The number of hydrogen-bond acceptors (Lipinski definition) is 6. The largest absolute Gasteiger partial charge is 0.463 e. The van der Waals surface area contributed by atoms with Crippen molar-refractivity contribution < 1.29 is 28.6 Å². The van der Waals surface area contributed by atoms with Crippen LogP contribution < -0.4 is 0 Å². The van der Waals surface area contributed by atoms with Crippen molar-refractivity contribution in [3.8, 4) is 0 Å². The van der Waals surface area contributed by atoms with E-state index >= 15 is 0 Å². The zero-order chi connectivity index (χ0) is 20.4. The second-order valence-corrected chi connectivity index (χ2v) is 6.07. The van der Waals surface area contributed by atoms with E-state index in [0.29, 0.717) is 19.3 Å². The second-order valence-electron chi connectivity index (χ2n) is 6.07. The van der Waals surface area contributed by atoms with Gasteiger partial charge >= 0.3 is 17.9 Å². The highest BCUT2D eigenvalue weighted by atomic mass is 16.5. The summed E-state index contributed by atoms with van der Waals surface area (Å²) in [6, 6.07) is 0. The van der Waals surface area contributed by atoms with Crippen LogP contribution in [0.3, 0.4) is 0 Å². The van der Waals surface area contributed by atoms with Crippen molar-refractivity contribution in [3.63, 3.8) is 0 Å². The molecule has 6 heteroatoms.